The van der Waals surface area contributed by atoms with Crippen LogP contribution >= 0.6 is 0 Å². The molecule has 0 amide bonds. The lowest BCUT2D eigenvalue weighted by molar-refractivity contribution is -0.171. The molecule has 0 N–H and O–H groups in total. The van der Waals surface area contributed by atoms with Crippen molar-refractivity contribution >= 4 is 11.0 Å². The van der Waals surface area contributed by atoms with Gasteiger partial charge in [0.05, 0.1) is 5.39 Å². The maximum atomic E-state index is 11.9. The highest BCUT2D eigenvalue weighted by Gasteiger charge is 2.15. The van der Waals surface area contributed by atoms with Crippen molar-refractivity contribution in [1.29, 1.82) is 0 Å². The summed E-state index contributed by atoms with van der Waals surface area (Å²) >= 11 is 0. The van der Waals surface area contributed by atoms with E-state index in [0.717, 1.165) is 25.9 Å². The summed E-state index contributed by atoms with van der Waals surface area (Å²) in [4.78, 5) is 11.9. The Kier molecular flexibility index (Phi) is 3.62. The molecule has 1 aromatic heterocycles. The van der Waals surface area contributed by atoms with E-state index in [-0.39, 0.29) is 18.3 Å². The van der Waals surface area contributed by atoms with Crippen molar-refractivity contribution in [3.8, 4) is 0 Å². The Morgan fingerprint density at radius 3 is 3.00 bits per heavy atom. The summed E-state index contributed by atoms with van der Waals surface area (Å²) in [5, 5.41) is 0.597. The smallest absolute Gasteiger partial charge is 0.193 e. The summed E-state index contributed by atoms with van der Waals surface area (Å²) in [6.07, 6.45) is 2.93. The van der Waals surface area contributed by atoms with Gasteiger partial charge in [-0.1, -0.05) is 12.1 Å². The molecule has 1 saturated heterocycles. The van der Waals surface area contributed by atoms with Gasteiger partial charge in [-0.2, -0.15) is 0 Å². The third kappa shape index (κ3) is 2.85. The van der Waals surface area contributed by atoms with Crippen LogP contribution in [-0.2, 0) is 16.1 Å². The first-order chi connectivity index (χ1) is 9.33. The van der Waals surface area contributed by atoms with E-state index < -0.39 is 0 Å². The molecular weight excluding hydrogens is 244 g/mol. The summed E-state index contributed by atoms with van der Waals surface area (Å²) in [6, 6.07) is 8.71. The molecular formula is C15H16O4. The SMILES string of the molecule is O=c1cc(COC2CCCCO2)oc2ccccc12. The van der Waals surface area contributed by atoms with Crippen molar-refractivity contribution in [3.05, 3.63) is 46.3 Å². The number of hydrogen-bond acceptors (Lipinski definition) is 4. The van der Waals surface area contributed by atoms with E-state index in [0.29, 0.717) is 16.7 Å². The molecule has 4 heteroatoms. The van der Waals surface area contributed by atoms with Crippen molar-refractivity contribution in [3.63, 3.8) is 0 Å². The van der Waals surface area contributed by atoms with Crippen LogP contribution in [0.3, 0.4) is 0 Å². The topological polar surface area (TPSA) is 48.7 Å². The van der Waals surface area contributed by atoms with Gasteiger partial charge in [-0.05, 0) is 31.4 Å². The highest BCUT2D eigenvalue weighted by molar-refractivity contribution is 5.75. The minimum Gasteiger partial charge on any atom is -0.458 e. The molecule has 1 unspecified atom stereocenters. The number of hydrogen-bond donors (Lipinski definition) is 0. The fourth-order valence-electron chi connectivity index (χ4n) is 2.24. The van der Waals surface area contributed by atoms with Crippen molar-refractivity contribution in [2.45, 2.75) is 32.2 Å². The van der Waals surface area contributed by atoms with E-state index in [1.54, 1.807) is 12.1 Å². The maximum Gasteiger partial charge on any atom is 0.193 e. The Morgan fingerprint density at radius 2 is 2.16 bits per heavy atom. The van der Waals surface area contributed by atoms with Crippen LogP contribution in [0.1, 0.15) is 25.0 Å². The van der Waals surface area contributed by atoms with E-state index in [2.05, 4.69) is 0 Å². The number of fused-ring (bicyclic) bond motifs is 1. The Hall–Kier alpha value is -1.65. The third-order valence-corrected chi connectivity index (χ3v) is 3.24. The molecule has 3 rings (SSSR count). The van der Waals surface area contributed by atoms with E-state index in [1.165, 1.54) is 6.07 Å². The first-order valence-corrected chi connectivity index (χ1v) is 6.58. The van der Waals surface area contributed by atoms with Crippen LogP contribution in [0, 0.1) is 0 Å². The Balaban J connectivity index is 1.75. The van der Waals surface area contributed by atoms with Gasteiger partial charge in [-0.25, -0.2) is 0 Å². The second-order valence-corrected chi connectivity index (χ2v) is 4.68. The van der Waals surface area contributed by atoms with E-state index in [4.69, 9.17) is 13.9 Å². The van der Waals surface area contributed by atoms with Gasteiger partial charge in [0, 0.05) is 12.7 Å². The molecule has 1 aromatic carbocycles. The summed E-state index contributed by atoms with van der Waals surface area (Å²) in [6.45, 7) is 1.01. The van der Waals surface area contributed by atoms with Crippen LogP contribution in [0.4, 0.5) is 0 Å². The first-order valence-electron chi connectivity index (χ1n) is 6.58. The van der Waals surface area contributed by atoms with Gasteiger partial charge in [0.1, 0.15) is 18.0 Å². The lowest BCUT2D eigenvalue weighted by atomic mass is 10.2. The molecule has 0 radical (unpaired) electrons. The van der Waals surface area contributed by atoms with Crippen LogP contribution in [0.15, 0.2) is 39.5 Å². The summed E-state index contributed by atoms with van der Waals surface area (Å²) in [5.74, 6) is 0.540. The summed E-state index contributed by atoms with van der Waals surface area (Å²) < 4.78 is 16.7. The monoisotopic (exact) mass is 260 g/mol. The number of rotatable bonds is 3. The van der Waals surface area contributed by atoms with Gasteiger partial charge in [-0.3, -0.25) is 4.79 Å². The van der Waals surface area contributed by atoms with Crippen LogP contribution in [-0.4, -0.2) is 12.9 Å². The zero-order valence-electron chi connectivity index (χ0n) is 10.6. The van der Waals surface area contributed by atoms with Crippen LogP contribution in [0.5, 0.6) is 0 Å². The Morgan fingerprint density at radius 1 is 1.26 bits per heavy atom. The highest BCUT2D eigenvalue weighted by atomic mass is 16.7. The molecule has 1 aliphatic heterocycles. The molecule has 0 saturated carbocycles. The summed E-state index contributed by atoms with van der Waals surface area (Å²) in [7, 11) is 0. The predicted molar refractivity (Wildman–Crippen MR) is 70.9 cm³/mol. The lowest BCUT2D eigenvalue weighted by Crippen LogP contribution is -2.22. The largest absolute Gasteiger partial charge is 0.458 e. The average Bonchev–Trinajstić information content (AvgIpc) is 2.46. The molecule has 4 nitrogen and oxygen atoms in total. The average molecular weight is 260 g/mol. The second-order valence-electron chi connectivity index (χ2n) is 4.68. The van der Waals surface area contributed by atoms with Crippen molar-refractivity contribution in [1.82, 2.24) is 0 Å². The Bertz CT molecular complexity index is 611. The molecule has 100 valence electrons. The van der Waals surface area contributed by atoms with Gasteiger partial charge < -0.3 is 13.9 Å². The molecule has 0 bridgehead atoms. The molecule has 0 aliphatic carbocycles. The number of para-hydroxylation sites is 1. The van der Waals surface area contributed by atoms with E-state index in [9.17, 15) is 4.79 Å². The van der Waals surface area contributed by atoms with Gasteiger partial charge >= 0.3 is 0 Å². The minimum atomic E-state index is -0.175. The quantitative estimate of drug-likeness (QED) is 0.851. The standard InChI is InChI=1S/C15H16O4/c16-13-9-11(10-18-15-7-3-4-8-17-15)19-14-6-2-1-5-12(13)14/h1-2,5-6,9,15H,3-4,7-8,10H2. The minimum absolute atomic E-state index is 0.0370. The maximum absolute atomic E-state index is 11.9. The fourth-order valence-corrected chi connectivity index (χ4v) is 2.24. The number of ether oxygens (including phenoxy) is 2. The van der Waals surface area contributed by atoms with E-state index >= 15 is 0 Å². The Labute approximate surface area is 110 Å². The predicted octanol–water partition coefficient (Wildman–Crippen LogP) is 2.84. The molecule has 1 atom stereocenters. The van der Waals surface area contributed by atoms with Crippen molar-refractivity contribution in [2.24, 2.45) is 0 Å². The molecule has 0 spiro atoms. The second kappa shape index (κ2) is 5.55. The van der Waals surface area contributed by atoms with Crippen LogP contribution < -0.4 is 5.43 Å². The summed E-state index contributed by atoms with van der Waals surface area (Å²) in [5.41, 5.74) is 0.558. The molecule has 1 aliphatic rings. The first kappa shape index (κ1) is 12.4. The normalized spacial score (nSPS) is 19.7. The zero-order chi connectivity index (χ0) is 13.1. The molecule has 19 heavy (non-hydrogen) atoms. The zero-order valence-corrected chi connectivity index (χ0v) is 10.6. The molecule has 2 aromatic rings. The molecule has 1 fully saturated rings. The van der Waals surface area contributed by atoms with Crippen molar-refractivity contribution < 1.29 is 13.9 Å². The highest BCUT2D eigenvalue weighted by Crippen LogP contribution is 2.17. The van der Waals surface area contributed by atoms with Crippen LogP contribution in [0.25, 0.3) is 11.0 Å². The van der Waals surface area contributed by atoms with Gasteiger partial charge in [0.2, 0.25) is 0 Å². The lowest BCUT2D eigenvalue weighted by Gasteiger charge is -2.22. The molecule has 2 heterocycles. The van der Waals surface area contributed by atoms with Gasteiger partial charge in [0.15, 0.2) is 11.7 Å². The van der Waals surface area contributed by atoms with Crippen molar-refractivity contribution in [2.75, 3.05) is 6.61 Å². The number of benzene rings is 1. The third-order valence-electron chi connectivity index (χ3n) is 3.24. The van der Waals surface area contributed by atoms with Gasteiger partial charge in [-0.15, -0.1) is 0 Å². The fraction of sp³-hybridized carbons (Fsp3) is 0.400. The van der Waals surface area contributed by atoms with E-state index in [1.807, 2.05) is 12.1 Å². The van der Waals surface area contributed by atoms with Gasteiger partial charge in [0.25, 0.3) is 0 Å². The van der Waals surface area contributed by atoms with Crippen LogP contribution in [0.2, 0.25) is 0 Å².